The molecule has 1 aliphatic heterocycles. The van der Waals surface area contributed by atoms with Crippen LogP contribution in [0.5, 0.6) is 5.75 Å². The van der Waals surface area contributed by atoms with Crippen molar-refractivity contribution in [1.29, 1.82) is 0 Å². The van der Waals surface area contributed by atoms with Crippen molar-refractivity contribution in [3.8, 4) is 5.75 Å². The van der Waals surface area contributed by atoms with Gasteiger partial charge in [-0.2, -0.15) is 0 Å². The molecule has 0 saturated carbocycles. The zero-order valence-corrected chi connectivity index (χ0v) is 14.9. The summed E-state index contributed by atoms with van der Waals surface area (Å²) in [6, 6.07) is 16.9. The quantitative estimate of drug-likeness (QED) is 0.586. The van der Waals surface area contributed by atoms with Gasteiger partial charge in [-0.1, -0.05) is 68.3 Å². The van der Waals surface area contributed by atoms with Gasteiger partial charge in [0.25, 0.3) is 0 Å². The van der Waals surface area contributed by atoms with Crippen LogP contribution >= 0.6 is 31.9 Å². The molecule has 0 aromatic heterocycles. The van der Waals surface area contributed by atoms with Crippen LogP contribution < -0.4 is 4.74 Å². The Bertz CT molecular complexity index is 612. The number of para-hydroxylation sites is 1. The summed E-state index contributed by atoms with van der Waals surface area (Å²) in [6.45, 7) is 0.818. The monoisotopic (exact) mass is 408 g/mol. The van der Waals surface area contributed by atoms with E-state index in [4.69, 9.17) is 4.74 Å². The van der Waals surface area contributed by atoms with Crippen molar-refractivity contribution in [2.45, 2.75) is 18.8 Å². The van der Waals surface area contributed by atoms with Crippen LogP contribution in [0, 0.1) is 5.92 Å². The number of ether oxygens (including phenoxy) is 1. The van der Waals surface area contributed by atoms with E-state index in [0.29, 0.717) is 11.8 Å². The van der Waals surface area contributed by atoms with Gasteiger partial charge in [0.15, 0.2) is 0 Å². The number of halogens is 2. The molecule has 110 valence electrons. The van der Waals surface area contributed by atoms with E-state index in [-0.39, 0.29) is 0 Å². The van der Waals surface area contributed by atoms with Crippen molar-refractivity contribution >= 4 is 31.9 Å². The maximum atomic E-state index is 5.81. The fourth-order valence-electron chi connectivity index (χ4n) is 3.00. The smallest absolute Gasteiger partial charge is 0.122 e. The van der Waals surface area contributed by atoms with E-state index in [0.717, 1.165) is 30.5 Å². The molecule has 1 nitrogen and oxygen atoms in total. The van der Waals surface area contributed by atoms with Gasteiger partial charge in [-0.05, 0) is 36.5 Å². The van der Waals surface area contributed by atoms with Crippen LogP contribution in [-0.4, -0.2) is 11.9 Å². The predicted molar refractivity (Wildman–Crippen MR) is 94.4 cm³/mol. The van der Waals surface area contributed by atoms with Gasteiger partial charge in [0, 0.05) is 21.3 Å². The molecule has 2 atom stereocenters. The van der Waals surface area contributed by atoms with Gasteiger partial charge in [0.05, 0.1) is 6.61 Å². The normalized spacial score (nSPS) is 18.1. The van der Waals surface area contributed by atoms with Crippen LogP contribution in [0.2, 0.25) is 0 Å². The van der Waals surface area contributed by atoms with E-state index in [1.807, 2.05) is 6.07 Å². The Hall–Kier alpha value is -0.800. The Balaban J connectivity index is 1.70. The number of hydrogen-bond donors (Lipinski definition) is 0. The minimum Gasteiger partial charge on any atom is -0.493 e. The number of rotatable bonds is 5. The average molecular weight is 410 g/mol. The Labute approximate surface area is 143 Å². The molecule has 0 fully saturated rings. The highest BCUT2D eigenvalue weighted by Crippen LogP contribution is 2.38. The average Bonchev–Trinajstić information content (AvgIpc) is 2.92. The molecule has 0 saturated heterocycles. The second-order valence-corrected chi connectivity index (χ2v) is 7.10. The zero-order chi connectivity index (χ0) is 14.7. The molecule has 1 heterocycles. The summed E-state index contributed by atoms with van der Waals surface area (Å²) < 4.78 is 7.01. The van der Waals surface area contributed by atoms with Crippen molar-refractivity contribution in [1.82, 2.24) is 0 Å². The lowest BCUT2D eigenvalue weighted by Crippen LogP contribution is -2.13. The van der Waals surface area contributed by atoms with Crippen LogP contribution in [0.25, 0.3) is 0 Å². The highest BCUT2D eigenvalue weighted by Gasteiger charge is 2.26. The van der Waals surface area contributed by atoms with Crippen LogP contribution in [0.3, 0.4) is 0 Å². The first-order valence-electron chi connectivity index (χ1n) is 7.29. The lowest BCUT2D eigenvalue weighted by molar-refractivity contribution is 0.311. The second-order valence-electron chi connectivity index (χ2n) is 5.60. The first kappa shape index (κ1) is 15.1. The standard InChI is InChI=1S/C18H18Br2O/c19-11-13(9-14-5-1-3-7-17(14)20)10-15-12-21-18-8-4-2-6-16(15)18/h1-8,13,15H,9-12H2. The summed E-state index contributed by atoms with van der Waals surface area (Å²) in [5.74, 6) is 2.20. The minimum atomic E-state index is 0.520. The summed E-state index contributed by atoms with van der Waals surface area (Å²) in [5, 5.41) is 1.02. The summed E-state index contributed by atoms with van der Waals surface area (Å²) >= 11 is 7.34. The van der Waals surface area contributed by atoms with Crippen molar-refractivity contribution in [3.63, 3.8) is 0 Å². The molecule has 0 amide bonds. The van der Waals surface area contributed by atoms with E-state index in [9.17, 15) is 0 Å². The Morgan fingerprint density at radius 1 is 1.10 bits per heavy atom. The molecule has 1 aliphatic rings. The summed E-state index contributed by atoms with van der Waals surface area (Å²) in [5.41, 5.74) is 2.75. The molecule has 0 aliphatic carbocycles. The van der Waals surface area contributed by atoms with Crippen LogP contribution in [-0.2, 0) is 6.42 Å². The molecule has 0 N–H and O–H groups in total. The minimum absolute atomic E-state index is 0.520. The van der Waals surface area contributed by atoms with Gasteiger partial charge in [0.2, 0.25) is 0 Å². The molecular weight excluding hydrogens is 392 g/mol. The predicted octanol–water partition coefficient (Wildman–Crippen LogP) is 5.57. The first-order valence-corrected chi connectivity index (χ1v) is 9.20. The topological polar surface area (TPSA) is 9.23 Å². The second kappa shape index (κ2) is 6.97. The molecule has 2 aromatic rings. The van der Waals surface area contributed by atoms with Crippen molar-refractivity contribution in [3.05, 3.63) is 64.1 Å². The highest BCUT2D eigenvalue weighted by atomic mass is 79.9. The van der Waals surface area contributed by atoms with Crippen LogP contribution in [0.1, 0.15) is 23.5 Å². The SMILES string of the molecule is BrCC(Cc1ccccc1Br)CC1COc2ccccc21. The third kappa shape index (κ3) is 3.51. The van der Waals surface area contributed by atoms with Crippen LogP contribution in [0.4, 0.5) is 0 Å². The Morgan fingerprint density at radius 3 is 2.67 bits per heavy atom. The first-order chi connectivity index (χ1) is 10.3. The summed E-state index contributed by atoms with van der Waals surface area (Å²) in [6.07, 6.45) is 2.24. The van der Waals surface area contributed by atoms with Crippen molar-refractivity contribution in [2.24, 2.45) is 5.92 Å². The van der Waals surface area contributed by atoms with Gasteiger partial charge in [0.1, 0.15) is 5.75 Å². The Morgan fingerprint density at radius 2 is 1.86 bits per heavy atom. The molecule has 3 rings (SSSR count). The fourth-order valence-corrected chi connectivity index (χ4v) is 3.94. The van der Waals surface area contributed by atoms with Gasteiger partial charge < -0.3 is 4.74 Å². The fraction of sp³-hybridized carbons (Fsp3) is 0.333. The van der Waals surface area contributed by atoms with E-state index >= 15 is 0 Å². The summed E-state index contributed by atoms with van der Waals surface area (Å²) in [4.78, 5) is 0. The molecule has 2 aromatic carbocycles. The van der Waals surface area contributed by atoms with E-state index < -0.39 is 0 Å². The molecule has 0 bridgehead atoms. The molecule has 0 spiro atoms. The van der Waals surface area contributed by atoms with Gasteiger partial charge in [-0.15, -0.1) is 0 Å². The largest absolute Gasteiger partial charge is 0.493 e. The van der Waals surface area contributed by atoms with E-state index in [1.165, 1.54) is 15.6 Å². The van der Waals surface area contributed by atoms with E-state index in [1.54, 1.807) is 0 Å². The number of benzene rings is 2. The molecule has 0 radical (unpaired) electrons. The van der Waals surface area contributed by atoms with Gasteiger partial charge >= 0.3 is 0 Å². The highest BCUT2D eigenvalue weighted by molar-refractivity contribution is 9.10. The van der Waals surface area contributed by atoms with Crippen LogP contribution in [0.15, 0.2) is 53.0 Å². The third-order valence-electron chi connectivity index (χ3n) is 4.10. The maximum Gasteiger partial charge on any atom is 0.122 e. The molecule has 2 unspecified atom stereocenters. The number of hydrogen-bond acceptors (Lipinski definition) is 1. The van der Waals surface area contributed by atoms with Gasteiger partial charge in [-0.25, -0.2) is 0 Å². The lowest BCUT2D eigenvalue weighted by atomic mass is 9.88. The van der Waals surface area contributed by atoms with E-state index in [2.05, 4.69) is 74.3 Å². The lowest BCUT2D eigenvalue weighted by Gasteiger charge is -2.19. The number of alkyl halides is 1. The molecule has 21 heavy (non-hydrogen) atoms. The van der Waals surface area contributed by atoms with Gasteiger partial charge in [-0.3, -0.25) is 0 Å². The van der Waals surface area contributed by atoms with Crippen molar-refractivity contribution < 1.29 is 4.74 Å². The molecule has 3 heteroatoms. The van der Waals surface area contributed by atoms with Crippen molar-refractivity contribution in [2.75, 3.05) is 11.9 Å². The molecular formula is C18H18Br2O. The zero-order valence-electron chi connectivity index (χ0n) is 11.8. The summed E-state index contributed by atoms with van der Waals surface area (Å²) in [7, 11) is 0. The Kier molecular flexibility index (Phi) is 5.02. The maximum absolute atomic E-state index is 5.81. The third-order valence-corrected chi connectivity index (χ3v) is 5.79. The number of fused-ring (bicyclic) bond motifs is 1.